The third-order valence-corrected chi connectivity index (χ3v) is 3.44. The molecular weight excluding hydrogens is 238 g/mol. The number of carbonyl (C=O) groups excluding carboxylic acids is 1. The maximum absolute atomic E-state index is 12.2. The van der Waals surface area contributed by atoms with Crippen LogP contribution < -0.4 is 10.6 Å². The molecule has 1 aliphatic rings. The molecule has 0 saturated carbocycles. The van der Waals surface area contributed by atoms with Gasteiger partial charge in [0.05, 0.1) is 12.1 Å². The second-order valence-electron chi connectivity index (χ2n) is 5.38. The van der Waals surface area contributed by atoms with Crippen LogP contribution in [0, 0.1) is 0 Å². The zero-order valence-corrected chi connectivity index (χ0v) is 11.7. The molecule has 2 rings (SSSR count). The van der Waals surface area contributed by atoms with Gasteiger partial charge in [-0.25, -0.2) is 0 Å². The highest BCUT2D eigenvalue weighted by molar-refractivity contribution is 5.82. The van der Waals surface area contributed by atoms with Gasteiger partial charge in [0.25, 0.3) is 0 Å². The molecule has 2 N–H and O–H groups in total. The molecule has 1 aromatic carbocycles. The van der Waals surface area contributed by atoms with Crippen molar-refractivity contribution in [1.29, 1.82) is 0 Å². The lowest BCUT2D eigenvalue weighted by Gasteiger charge is -2.24. The van der Waals surface area contributed by atoms with E-state index >= 15 is 0 Å². The molecule has 0 aliphatic carbocycles. The smallest absolute Gasteiger partial charge is 0.237 e. The minimum absolute atomic E-state index is 0.0200. The Balaban J connectivity index is 2.03. The quantitative estimate of drug-likeness (QED) is 0.836. The molecule has 4 heteroatoms. The van der Waals surface area contributed by atoms with E-state index in [2.05, 4.69) is 27.7 Å². The van der Waals surface area contributed by atoms with Crippen molar-refractivity contribution in [1.82, 2.24) is 15.5 Å². The number of nitrogens with one attached hydrogen (secondary N) is 2. The number of hydrogen-bond acceptors (Lipinski definition) is 3. The molecule has 1 aliphatic heterocycles. The summed E-state index contributed by atoms with van der Waals surface area (Å²) in [5.74, 6) is 0.119. The van der Waals surface area contributed by atoms with Crippen LogP contribution in [0.4, 0.5) is 0 Å². The van der Waals surface area contributed by atoms with Crippen LogP contribution in [-0.4, -0.2) is 44.0 Å². The van der Waals surface area contributed by atoms with Crippen molar-refractivity contribution in [2.24, 2.45) is 0 Å². The fraction of sp³-hybridized carbons (Fsp3) is 0.533. The topological polar surface area (TPSA) is 44.4 Å². The molecule has 4 nitrogen and oxygen atoms in total. The predicted molar refractivity (Wildman–Crippen MR) is 76.9 cm³/mol. The summed E-state index contributed by atoms with van der Waals surface area (Å²) in [6.45, 7) is 1.75. The zero-order valence-electron chi connectivity index (χ0n) is 11.7. The van der Waals surface area contributed by atoms with Gasteiger partial charge in [-0.05, 0) is 39.0 Å². The van der Waals surface area contributed by atoms with Crippen molar-refractivity contribution in [2.75, 3.05) is 27.2 Å². The fourth-order valence-electron chi connectivity index (χ4n) is 2.47. The second-order valence-corrected chi connectivity index (χ2v) is 5.38. The van der Waals surface area contributed by atoms with E-state index < -0.39 is 0 Å². The lowest BCUT2D eigenvalue weighted by atomic mass is 10.1. The molecule has 0 unspecified atom stereocenters. The first kappa shape index (κ1) is 14.0. The zero-order chi connectivity index (χ0) is 13.7. The summed E-state index contributed by atoms with van der Waals surface area (Å²) in [5, 5.41) is 6.40. The molecule has 0 aromatic heterocycles. The largest absolute Gasteiger partial charge is 0.347 e. The van der Waals surface area contributed by atoms with Crippen LogP contribution in [-0.2, 0) is 4.79 Å². The molecule has 0 radical (unpaired) electrons. The summed E-state index contributed by atoms with van der Waals surface area (Å²) < 4.78 is 0. The summed E-state index contributed by atoms with van der Waals surface area (Å²) in [4.78, 5) is 14.3. The Hall–Kier alpha value is -1.39. The number of nitrogens with zero attached hydrogens (tertiary/aromatic N) is 1. The molecule has 0 spiro atoms. The molecule has 104 valence electrons. The Morgan fingerprint density at radius 2 is 2.16 bits per heavy atom. The molecule has 1 aromatic rings. The lowest BCUT2D eigenvalue weighted by molar-refractivity contribution is -0.123. The highest BCUT2D eigenvalue weighted by atomic mass is 16.2. The Morgan fingerprint density at radius 1 is 1.42 bits per heavy atom. The summed E-state index contributed by atoms with van der Waals surface area (Å²) in [5.41, 5.74) is 1.16. The third-order valence-electron chi connectivity index (χ3n) is 3.44. The average Bonchev–Trinajstić information content (AvgIpc) is 2.92. The molecule has 1 amide bonds. The minimum atomic E-state index is -0.0200. The van der Waals surface area contributed by atoms with E-state index in [0.717, 1.165) is 31.5 Å². The Labute approximate surface area is 115 Å². The van der Waals surface area contributed by atoms with Gasteiger partial charge in [0.2, 0.25) is 5.91 Å². The molecule has 19 heavy (non-hydrogen) atoms. The van der Waals surface area contributed by atoms with E-state index in [9.17, 15) is 4.79 Å². The van der Waals surface area contributed by atoms with Gasteiger partial charge in [-0.15, -0.1) is 0 Å². The summed E-state index contributed by atoms with van der Waals surface area (Å²) in [7, 11) is 4.05. The number of likely N-dealkylation sites (N-methyl/N-ethyl adjacent to an activating group) is 1. The van der Waals surface area contributed by atoms with Crippen LogP contribution in [0.3, 0.4) is 0 Å². The molecule has 1 fully saturated rings. The molecular formula is C15H23N3O. The summed E-state index contributed by atoms with van der Waals surface area (Å²) in [6.07, 6.45) is 2.02. The number of benzene rings is 1. The van der Waals surface area contributed by atoms with Crippen LogP contribution in [0.2, 0.25) is 0 Å². The molecule has 1 saturated heterocycles. The van der Waals surface area contributed by atoms with Gasteiger partial charge >= 0.3 is 0 Å². The maximum Gasteiger partial charge on any atom is 0.237 e. The first-order valence-corrected chi connectivity index (χ1v) is 6.90. The van der Waals surface area contributed by atoms with Crippen molar-refractivity contribution in [3.8, 4) is 0 Å². The first-order valence-electron chi connectivity index (χ1n) is 6.90. The van der Waals surface area contributed by atoms with Gasteiger partial charge in [0.1, 0.15) is 0 Å². The van der Waals surface area contributed by atoms with Crippen molar-refractivity contribution in [3.05, 3.63) is 35.9 Å². The number of hydrogen-bond donors (Lipinski definition) is 2. The van der Waals surface area contributed by atoms with E-state index in [1.165, 1.54) is 0 Å². The van der Waals surface area contributed by atoms with Gasteiger partial charge in [-0.2, -0.15) is 0 Å². The van der Waals surface area contributed by atoms with Crippen LogP contribution in [0.5, 0.6) is 0 Å². The van der Waals surface area contributed by atoms with Crippen molar-refractivity contribution in [3.63, 3.8) is 0 Å². The van der Waals surface area contributed by atoms with Crippen molar-refractivity contribution < 1.29 is 4.79 Å². The highest BCUT2D eigenvalue weighted by Gasteiger charge is 2.24. The van der Waals surface area contributed by atoms with E-state index in [1.807, 2.05) is 32.3 Å². The Kier molecular flexibility index (Phi) is 4.93. The monoisotopic (exact) mass is 261 g/mol. The molecule has 0 bridgehead atoms. The Bertz CT molecular complexity index is 399. The first-order chi connectivity index (χ1) is 9.16. The minimum Gasteiger partial charge on any atom is -0.347 e. The number of rotatable bonds is 5. The van der Waals surface area contributed by atoms with Gasteiger partial charge in [0, 0.05) is 6.54 Å². The standard InChI is InChI=1S/C15H23N3O/c1-18(2)11-14(12-7-4-3-5-8-12)17-15(19)13-9-6-10-16-13/h3-5,7-8,13-14,16H,6,9-11H2,1-2H3,(H,17,19)/t13-,14+/m0/s1. The predicted octanol–water partition coefficient (Wildman–Crippen LogP) is 1.16. The molecule has 2 atom stereocenters. The van der Waals surface area contributed by atoms with Crippen molar-refractivity contribution >= 4 is 5.91 Å². The second kappa shape index (κ2) is 6.68. The number of amides is 1. The summed E-state index contributed by atoms with van der Waals surface area (Å²) >= 11 is 0. The lowest BCUT2D eigenvalue weighted by Crippen LogP contribution is -2.44. The van der Waals surface area contributed by atoms with Gasteiger partial charge in [0.15, 0.2) is 0 Å². The van der Waals surface area contributed by atoms with E-state index in [1.54, 1.807) is 0 Å². The third kappa shape index (κ3) is 4.04. The van der Waals surface area contributed by atoms with Crippen LogP contribution in [0.25, 0.3) is 0 Å². The van der Waals surface area contributed by atoms with Gasteiger partial charge < -0.3 is 15.5 Å². The van der Waals surface area contributed by atoms with Crippen LogP contribution in [0.15, 0.2) is 30.3 Å². The SMILES string of the molecule is CN(C)C[C@@H](NC(=O)[C@@H]1CCCN1)c1ccccc1. The summed E-state index contributed by atoms with van der Waals surface area (Å²) in [6, 6.07) is 10.2. The van der Waals surface area contributed by atoms with E-state index in [0.29, 0.717) is 0 Å². The average molecular weight is 261 g/mol. The normalized spacial score (nSPS) is 20.5. The maximum atomic E-state index is 12.2. The Morgan fingerprint density at radius 3 is 2.74 bits per heavy atom. The van der Waals surface area contributed by atoms with Crippen LogP contribution in [0.1, 0.15) is 24.4 Å². The van der Waals surface area contributed by atoms with Gasteiger partial charge in [-0.1, -0.05) is 30.3 Å². The van der Waals surface area contributed by atoms with Crippen LogP contribution >= 0.6 is 0 Å². The number of carbonyl (C=O) groups is 1. The highest BCUT2D eigenvalue weighted by Crippen LogP contribution is 2.14. The van der Waals surface area contributed by atoms with Gasteiger partial charge in [-0.3, -0.25) is 4.79 Å². The van der Waals surface area contributed by atoms with E-state index in [4.69, 9.17) is 0 Å². The van der Waals surface area contributed by atoms with E-state index in [-0.39, 0.29) is 18.0 Å². The molecule has 1 heterocycles. The van der Waals surface area contributed by atoms with Crippen molar-refractivity contribution in [2.45, 2.75) is 24.9 Å². The fourth-order valence-corrected chi connectivity index (χ4v) is 2.47.